The molecule has 0 saturated carbocycles. The Bertz CT molecular complexity index is 465. The Morgan fingerprint density at radius 1 is 1.50 bits per heavy atom. The van der Waals surface area contributed by atoms with Gasteiger partial charge in [-0.05, 0) is 37.0 Å². The molecule has 1 aromatic carbocycles. The summed E-state index contributed by atoms with van der Waals surface area (Å²) < 4.78 is 0. The maximum atomic E-state index is 11.2. The van der Waals surface area contributed by atoms with Crippen LogP contribution in [0.25, 0.3) is 0 Å². The third kappa shape index (κ3) is 2.27. The number of hydrogen-bond acceptors (Lipinski definition) is 1. The fourth-order valence-corrected chi connectivity index (χ4v) is 2.14. The largest absolute Gasteiger partial charge is 0.326 e. The van der Waals surface area contributed by atoms with Crippen molar-refractivity contribution in [1.82, 2.24) is 0 Å². The fraction of sp³-hybridized carbons (Fsp3) is 0.308. The zero-order chi connectivity index (χ0) is 11.7. The van der Waals surface area contributed by atoms with E-state index in [1.54, 1.807) is 0 Å². The van der Waals surface area contributed by atoms with Crippen molar-refractivity contribution in [3.8, 4) is 0 Å². The number of hydrogen-bond donors (Lipinski definition) is 1. The fourth-order valence-electron chi connectivity index (χ4n) is 1.91. The minimum Gasteiger partial charge on any atom is -0.326 e. The minimum atomic E-state index is 0.0659. The van der Waals surface area contributed by atoms with E-state index >= 15 is 0 Å². The average molecular weight is 236 g/mol. The summed E-state index contributed by atoms with van der Waals surface area (Å²) in [5.41, 5.74) is 4.19. The number of allylic oxidation sites excluding steroid dienone is 1. The van der Waals surface area contributed by atoms with Crippen LogP contribution in [-0.2, 0) is 17.6 Å². The highest BCUT2D eigenvalue weighted by Gasteiger charge is 2.16. The smallest absolute Gasteiger partial charge is 0.224 e. The van der Waals surface area contributed by atoms with Gasteiger partial charge in [0.1, 0.15) is 0 Å². The Kier molecular flexibility index (Phi) is 3.01. The summed E-state index contributed by atoms with van der Waals surface area (Å²) in [5.74, 6) is 0.0659. The first-order chi connectivity index (χ1) is 7.56. The highest BCUT2D eigenvalue weighted by molar-refractivity contribution is 6.31. The Balaban J connectivity index is 2.37. The van der Waals surface area contributed by atoms with Crippen molar-refractivity contribution >= 4 is 23.2 Å². The maximum Gasteiger partial charge on any atom is 0.224 e. The molecule has 0 aliphatic carbocycles. The second-order valence-corrected chi connectivity index (χ2v) is 4.69. The van der Waals surface area contributed by atoms with E-state index in [1.807, 2.05) is 13.0 Å². The van der Waals surface area contributed by atoms with Crippen molar-refractivity contribution in [2.24, 2.45) is 0 Å². The van der Waals surface area contributed by atoms with E-state index in [1.165, 1.54) is 5.56 Å². The lowest BCUT2D eigenvalue weighted by molar-refractivity contribution is -0.116. The molecule has 0 bridgehead atoms. The first kappa shape index (κ1) is 11.2. The van der Waals surface area contributed by atoms with Crippen LogP contribution in [0.2, 0.25) is 5.02 Å². The van der Waals surface area contributed by atoms with Crippen molar-refractivity contribution < 1.29 is 4.79 Å². The Morgan fingerprint density at radius 2 is 2.25 bits per heavy atom. The lowest BCUT2D eigenvalue weighted by Crippen LogP contribution is -2.19. The summed E-state index contributed by atoms with van der Waals surface area (Å²) in [6.45, 7) is 5.87. The first-order valence-corrected chi connectivity index (χ1v) is 5.69. The second-order valence-electron chi connectivity index (χ2n) is 4.28. The molecule has 0 radical (unpaired) electrons. The molecule has 0 atom stereocenters. The van der Waals surface area contributed by atoms with Crippen molar-refractivity contribution in [2.75, 3.05) is 5.32 Å². The number of amides is 1. The minimum absolute atomic E-state index is 0.0659. The van der Waals surface area contributed by atoms with Crippen LogP contribution in [0, 0.1) is 0 Å². The van der Waals surface area contributed by atoms with Gasteiger partial charge < -0.3 is 5.32 Å². The van der Waals surface area contributed by atoms with Crippen LogP contribution < -0.4 is 5.32 Å². The van der Waals surface area contributed by atoms with Gasteiger partial charge in [-0.2, -0.15) is 0 Å². The maximum absolute atomic E-state index is 11.2. The lowest BCUT2D eigenvalue weighted by atomic mass is 9.98. The number of rotatable bonds is 2. The van der Waals surface area contributed by atoms with Crippen LogP contribution in [0.15, 0.2) is 24.3 Å². The van der Waals surface area contributed by atoms with Crippen LogP contribution in [0.1, 0.15) is 24.5 Å². The predicted octanol–water partition coefficient (Wildman–Crippen LogP) is 3.34. The van der Waals surface area contributed by atoms with Crippen molar-refractivity contribution in [2.45, 2.75) is 26.2 Å². The molecule has 2 rings (SSSR count). The van der Waals surface area contributed by atoms with Crippen LogP contribution in [0.3, 0.4) is 0 Å². The monoisotopic (exact) mass is 235 g/mol. The number of carbonyl (C=O) groups excluding carboxylic acids is 1. The molecule has 2 nitrogen and oxygen atoms in total. The summed E-state index contributed by atoms with van der Waals surface area (Å²) >= 11 is 6.16. The zero-order valence-corrected chi connectivity index (χ0v) is 10.0. The van der Waals surface area contributed by atoms with Gasteiger partial charge in [0.15, 0.2) is 0 Å². The second kappa shape index (κ2) is 4.30. The number of carbonyl (C=O) groups is 1. The molecular formula is C13H14ClNO. The standard InChI is InChI=1S/C13H14ClNO/c1-8(2)5-10-6-9-3-4-13(16)15-12(9)7-11(10)14/h6-7H,1,3-5H2,2H3,(H,15,16). The van der Waals surface area contributed by atoms with Gasteiger partial charge in [-0.3, -0.25) is 4.79 Å². The molecule has 1 aliphatic heterocycles. The Morgan fingerprint density at radius 3 is 2.94 bits per heavy atom. The van der Waals surface area contributed by atoms with Gasteiger partial charge in [0.25, 0.3) is 0 Å². The van der Waals surface area contributed by atoms with Crippen LogP contribution in [0.4, 0.5) is 5.69 Å². The molecule has 1 amide bonds. The van der Waals surface area contributed by atoms with Crippen molar-refractivity contribution in [3.05, 3.63) is 40.4 Å². The molecule has 1 heterocycles. The van der Waals surface area contributed by atoms with Crippen molar-refractivity contribution in [3.63, 3.8) is 0 Å². The number of nitrogens with one attached hydrogen (secondary N) is 1. The van der Waals surface area contributed by atoms with E-state index in [-0.39, 0.29) is 5.91 Å². The highest BCUT2D eigenvalue weighted by Crippen LogP contribution is 2.30. The molecule has 16 heavy (non-hydrogen) atoms. The summed E-state index contributed by atoms with van der Waals surface area (Å²) in [6.07, 6.45) is 2.14. The van der Waals surface area contributed by atoms with Gasteiger partial charge in [-0.25, -0.2) is 0 Å². The zero-order valence-electron chi connectivity index (χ0n) is 9.27. The van der Waals surface area contributed by atoms with Crippen molar-refractivity contribution in [1.29, 1.82) is 0 Å². The van der Waals surface area contributed by atoms with Crippen LogP contribution in [-0.4, -0.2) is 5.91 Å². The van der Waals surface area contributed by atoms with Gasteiger partial charge in [-0.1, -0.05) is 29.8 Å². The van der Waals surface area contributed by atoms with E-state index in [0.29, 0.717) is 11.4 Å². The summed E-state index contributed by atoms with van der Waals surface area (Å²) in [4.78, 5) is 11.2. The number of fused-ring (bicyclic) bond motifs is 1. The molecular weight excluding hydrogens is 222 g/mol. The molecule has 1 aliphatic rings. The normalized spacial score (nSPS) is 14.2. The number of benzene rings is 1. The topological polar surface area (TPSA) is 29.1 Å². The lowest BCUT2D eigenvalue weighted by Gasteiger charge is -2.18. The van der Waals surface area contributed by atoms with Crippen LogP contribution in [0.5, 0.6) is 0 Å². The van der Waals surface area contributed by atoms with E-state index < -0.39 is 0 Å². The predicted molar refractivity (Wildman–Crippen MR) is 66.9 cm³/mol. The Labute approximate surface area is 100 Å². The molecule has 1 N–H and O–H groups in total. The number of halogens is 1. The number of anilines is 1. The highest BCUT2D eigenvalue weighted by atomic mass is 35.5. The van der Waals surface area contributed by atoms with Gasteiger partial charge in [0, 0.05) is 17.1 Å². The molecule has 0 aromatic heterocycles. The van der Waals surface area contributed by atoms with Gasteiger partial charge in [0.05, 0.1) is 0 Å². The quantitative estimate of drug-likeness (QED) is 0.783. The number of aryl methyl sites for hydroxylation is 1. The molecule has 3 heteroatoms. The molecule has 84 valence electrons. The van der Waals surface area contributed by atoms with Gasteiger partial charge >= 0.3 is 0 Å². The van der Waals surface area contributed by atoms with Crippen LogP contribution >= 0.6 is 11.6 Å². The molecule has 0 fully saturated rings. The van der Waals surface area contributed by atoms with E-state index in [2.05, 4.69) is 18.0 Å². The van der Waals surface area contributed by atoms with E-state index in [0.717, 1.165) is 29.7 Å². The third-order valence-corrected chi connectivity index (χ3v) is 3.01. The molecule has 0 spiro atoms. The van der Waals surface area contributed by atoms with E-state index in [9.17, 15) is 4.79 Å². The van der Waals surface area contributed by atoms with Gasteiger partial charge in [-0.15, -0.1) is 0 Å². The summed E-state index contributed by atoms with van der Waals surface area (Å²) in [7, 11) is 0. The molecule has 1 aromatic rings. The SMILES string of the molecule is C=C(C)Cc1cc2c(cc1Cl)NC(=O)CC2. The summed E-state index contributed by atoms with van der Waals surface area (Å²) in [6, 6.07) is 3.91. The third-order valence-electron chi connectivity index (χ3n) is 2.66. The van der Waals surface area contributed by atoms with E-state index in [4.69, 9.17) is 11.6 Å². The average Bonchev–Trinajstić information content (AvgIpc) is 2.19. The summed E-state index contributed by atoms with van der Waals surface area (Å²) in [5, 5.41) is 3.53. The molecule has 0 saturated heterocycles. The van der Waals surface area contributed by atoms with Gasteiger partial charge in [0.2, 0.25) is 5.91 Å². The first-order valence-electron chi connectivity index (χ1n) is 5.32. The Hall–Kier alpha value is -1.28. The molecule has 0 unspecified atom stereocenters.